The standard InChI is InChI=1S/C18H24ClN7O3/c19-12-9-22-17-15(16(20)24-26(17)11-12)18(27)23-13-10-21-2-1-14(13)29-8-5-25-3-6-28-7-4-25/h1-2,10,12,22H,3-9,11H2,(H2,20,24)(H,23,27). The maximum Gasteiger partial charge on any atom is 0.263 e. The molecule has 0 aromatic carbocycles. The van der Waals surface area contributed by atoms with Crippen molar-refractivity contribution in [2.24, 2.45) is 0 Å². The fraction of sp³-hybridized carbons (Fsp3) is 0.500. The number of pyridine rings is 1. The largest absolute Gasteiger partial charge is 0.490 e. The van der Waals surface area contributed by atoms with E-state index in [9.17, 15) is 4.79 Å². The monoisotopic (exact) mass is 421 g/mol. The minimum Gasteiger partial charge on any atom is -0.490 e. The number of nitrogen functional groups attached to an aromatic ring is 1. The van der Waals surface area contributed by atoms with Crippen LogP contribution in [-0.2, 0) is 11.3 Å². The number of anilines is 3. The van der Waals surface area contributed by atoms with Gasteiger partial charge in [-0.3, -0.25) is 14.7 Å². The molecule has 4 N–H and O–H groups in total. The van der Waals surface area contributed by atoms with Crippen molar-refractivity contribution in [2.75, 3.05) is 62.4 Å². The highest BCUT2D eigenvalue weighted by atomic mass is 35.5. The Hall–Kier alpha value is -2.56. The number of morpholine rings is 1. The lowest BCUT2D eigenvalue weighted by Gasteiger charge is -2.26. The van der Waals surface area contributed by atoms with Gasteiger partial charge in [0.2, 0.25) is 0 Å². The molecule has 1 amide bonds. The van der Waals surface area contributed by atoms with E-state index < -0.39 is 0 Å². The van der Waals surface area contributed by atoms with Crippen LogP contribution in [0.3, 0.4) is 0 Å². The first-order chi connectivity index (χ1) is 14.1. The fourth-order valence-corrected chi connectivity index (χ4v) is 3.58. The molecule has 0 saturated carbocycles. The number of aromatic nitrogens is 3. The number of ether oxygens (including phenoxy) is 2. The molecule has 0 spiro atoms. The smallest absolute Gasteiger partial charge is 0.263 e. The highest BCUT2D eigenvalue weighted by Gasteiger charge is 2.27. The second-order valence-electron chi connectivity index (χ2n) is 6.90. The van der Waals surface area contributed by atoms with Crippen LogP contribution >= 0.6 is 11.6 Å². The predicted octanol–water partition coefficient (Wildman–Crippen LogP) is 0.856. The van der Waals surface area contributed by atoms with Crippen molar-refractivity contribution in [1.82, 2.24) is 19.7 Å². The predicted molar refractivity (Wildman–Crippen MR) is 110 cm³/mol. The quantitative estimate of drug-likeness (QED) is 0.587. The maximum absolute atomic E-state index is 12.9. The Bertz CT molecular complexity index is 869. The van der Waals surface area contributed by atoms with Crippen LogP contribution in [0, 0.1) is 0 Å². The van der Waals surface area contributed by atoms with Crippen LogP contribution in [-0.4, -0.2) is 76.9 Å². The summed E-state index contributed by atoms with van der Waals surface area (Å²) in [6, 6.07) is 1.72. The number of hydrogen-bond donors (Lipinski definition) is 3. The molecule has 0 aliphatic carbocycles. The lowest BCUT2D eigenvalue weighted by Crippen LogP contribution is -2.38. The summed E-state index contributed by atoms with van der Waals surface area (Å²) >= 11 is 6.14. The van der Waals surface area contributed by atoms with E-state index in [2.05, 4.69) is 25.6 Å². The van der Waals surface area contributed by atoms with Gasteiger partial charge in [0.05, 0.1) is 31.3 Å². The third-order valence-corrected chi connectivity index (χ3v) is 5.16. The summed E-state index contributed by atoms with van der Waals surface area (Å²) in [5.74, 6) is 0.885. The number of carbonyl (C=O) groups excluding carboxylic acids is 1. The van der Waals surface area contributed by atoms with E-state index in [1.54, 1.807) is 23.1 Å². The minimum absolute atomic E-state index is 0.109. The molecule has 2 aliphatic rings. The number of amides is 1. The van der Waals surface area contributed by atoms with Crippen LogP contribution in [0.2, 0.25) is 0 Å². The number of carbonyl (C=O) groups is 1. The molecule has 2 aromatic rings. The van der Waals surface area contributed by atoms with Crippen LogP contribution in [0.4, 0.5) is 17.3 Å². The average Bonchev–Trinajstić information content (AvgIpc) is 3.05. The maximum atomic E-state index is 12.9. The zero-order chi connectivity index (χ0) is 20.2. The average molecular weight is 422 g/mol. The number of alkyl halides is 1. The second kappa shape index (κ2) is 8.85. The van der Waals surface area contributed by atoms with Crippen molar-refractivity contribution < 1.29 is 14.3 Å². The normalized spacial score (nSPS) is 19.3. The van der Waals surface area contributed by atoms with E-state index in [0.717, 1.165) is 32.8 Å². The van der Waals surface area contributed by atoms with Crippen molar-refractivity contribution in [1.29, 1.82) is 0 Å². The third-order valence-electron chi connectivity index (χ3n) is 4.87. The first-order valence-corrected chi connectivity index (χ1v) is 9.98. The number of nitrogens with one attached hydrogen (secondary N) is 2. The van der Waals surface area contributed by atoms with Crippen LogP contribution in [0.5, 0.6) is 5.75 Å². The summed E-state index contributed by atoms with van der Waals surface area (Å²) in [5.41, 5.74) is 6.75. The summed E-state index contributed by atoms with van der Waals surface area (Å²) in [5, 5.41) is 10.1. The molecule has 2 aromatic heterocycles. The van der Waals surface area contributed by atoms with Gasteiger partial charge in [0, 0.05) is 38.4 Å². The molecule has 11 heteroatoms. The number of fused-ring (bicyclic) bond motifs is 1. The van der Waals surface area contributed by atoms with Crippen molar-refractivity contribution >= 4 is 34.8 Å². The molecule has 10 nitrogen and oxygen atoms in total. The Morgan fingerprint density at radius 1 is 1.45 bits per heavy atom. The number of halogens is 1. The summed E-state index contributed by atoms with van der Waals surface area (Å²) in [4.78, 5) is 19.3. The molecule has 2 aliphatic heterocycles. The van der Waals surface area contributed by atoms with Crippen molar-refractivity contribution in [3.8, 4) is 5.75 Å². The summed E-state index contributed by atoms with van der Waals surface area (Å²) < 4.78 is 12.9. The number of nitrogens with two attached hydrogens (primary N) is 1. The molecule has 1 unspecified atom stereocenters. The Balaban J connectivity index is 1.42. The first kappa shape index (κ1) is 19.7. The van der Waals surface area contributed by atoms with Crippen molar-refractivity contribution in [2.45, 2.75) is 11.9 Å². The molecule has 1 saturated heterocycles. The van der Waals surface area contributed by atoms with Gasteiger partial charge >= 0.3 is 0 Å². The van der Waals surface area contributed by atoms with E-state index in [1.165, 1.54) is 0 Å². The molecule has 29 heavy (non-hydrogen) atoms. The number of nitrogens with zero attached hydrogens (tertiary/aromatic N) is 4. The van der Waals surface area contributed by atoms with Crippen LogP contribution in [0.1, 0.15) is 10.4 Å². The Morgan fingerprint density at radius 2 is 2.28 bits per heavy atom. The molecule has 4 heterocycles. The van der Waals surface area contributed by atoms with Gasteiger partial charge in [0.1, 0.15) is 29.4 Å². The minimum atomic E-state index is -0.379. The number of hydrogen-bond acceptors (Lipinski definition) is 8. The molecule has 1 atom stereocenters. The molecule has 0 bridgehead atoms. The third kappa shape index (κ3) is 4.55. The van der Waals surface area contributed by atoms with Gasteiger partial charge in [-0.1, -0.05) is 0 Å². The molecule has 156 valence electrons. The topological polar surface area (TPSA) is 120 Å². The molecule has 0 radical (unpaired) electrons. The van der Waals surface area contributed by atoms with Gasteiger partial charge in [-0.2, -0.15) is 5.10 Å². The van der Waals surface area contributed by atoms with E-state index in [4.69, 9.17) is 26.8 Å². The SMILES string of the molecule is Nc1nn2c(c1C(=O)Nc1cnccc1OCCN1CCOCC1)NCC(Cl)C2. The lowest BCUT2D eigenvalue weighted by atomic mass is 10.2. The summed E-state index contributed by atoms with van der Waals surface area (Å²) in [6.45, 7) is 5.58. The van der Waals surface area contributed by atoms with Crippen LogP contribution in [0.25, 0.3) is 0 Å². The van der Waals surface area contributed by atoms with Gasteiger partial charge in [-0.25, -0.2) is 4.68 Å². The fourth-order valence-electron chi connectivity index (χ4n) is 3.37. The number of rotatable bonds is 6. The molecular formula is C18H24ClN7O3. The highest BCUT2D eigenvalue weighted by molar-refractivity contribution is 6.21. The van der Waals surface area contributed by atoms with E-state index in [-0.39, 0.29) is 22.7 Å². The molecule has 4 rings (SSSR count). The van der Waals surface area contributed by atoms with E-state index >= 15 is 0 Å². The van der Waals surface area contributed by atoms with Gasteiger partial charge in [-0.05, 0) is 0 Å². The first-order valence-electron chi connectivity index (χ1n) is 9.54. The summed E-state index contributed by atoms with van der Waals surface area (Å²) in [7, 11) is 0. The molecular weight excluding hydrogens is 398 g/mol. The van der Waals surface area contributed by atoms with Gasteiger partial charge in [0.25, 0.3) is 5.91 Å². The second-order valence-corrected chi connectivity index (χ2v) is 7.51. The summed E-state index contributed by atoms with van der Waals surface area (Å²) in [6.07, 6.45) is 3.17. The highest BCUT2D eigenvalue weighted by Crippen LogP contribution is 2.29. The van der Waals surface area contributed by atoms with Crippen LogP contribution < -0.4 is 21.1 Å². The van der Waals surface area contributed by atoms with Gasteiger partial charge in [0.15, 0.2) is 5.82 Å². The van der Waals surface area contributed by atoms with Crippen molar-refractivity contribution in [3.63, 3.8) is 0 Å². The zero-order valence-electron chi connectivity index (χ0n) is 15.9. The van der Waals surface area contributed by atoms with Crippen molar-refractivity contribution in [3.05, 3.63) is 24.0 Å². The Labute approximate surface area is 173 Å². The van der Waals surface area contributed by atoms with Gasteiger partial charge in [-0.15, -0.1) is 11.6 Å². The van der Waals surface area contributed by atoms with Crippen LogP contribution in [0.15, 0.2) is 18.5 Å². The Kier molecular flexibility index (Phi) is 6.02. The van der Waals surface area contributed by atoms with Gasteiger partial charge < -0.3 is 25.8 Å². The Morgan fingerprint density at radius 3 is 3.10 bits per heavy atom. The lowest BCUT2D eigenvalue weighted by molar-refractivity contribution is 0.0323. The molecule has 1 fully saturated rings. The van der Waals surface area contributed by atoms with E-state index in [1.807, 2.05) is 0 Å². The zero-order valence-corrected chi connectivity index (χ0v) is 16.7. The van der Waals surface area contributed by atoms with E-state index in [0.29, 0.717) is 37.0 Å².